The summed E-state index contributed by atoms with van der Waals surface area (Å²) in [6, 6.07) is 16.2. The molecule has 0 amide bonds. The van der Waals surface area contributed by atoms with Crippen LogP contribution in [0.5, 0.6) is 11.5 Å². The Morgan fingerprint density at radius 1 is 0.826 bits per heavy atom. The van der Waals surface area contributed by atoms with E-state index in [4.69, 9.17) is 10.5 Å². The van der Waals surface area contributed by atoms with Gasteiger partial charge in [0.1, 0.15) is 11.6 Å². The molecular weight excluding hydrogens is 296 g/mol. The van der Waals surface area contributed by atoms with Crippen molar-refractivity contribution in [2.24, 2.45) is 0 Å². The number of anilines is 1. The second kappa shape index (κ2) is 6.08. The lowest BCUT2D eigenvalue weighted by atomic mass is 10.0. The second-order valence-electron chi connectivity index (χ2n) is 5.30. The first kappa shape index (κ1) is 15.0. The molecule has 0 radical (unpaired) electrons. The Hall–Kier alpha value is -2.88. The normalized spacial score (nSPS) is 10.6. The molecule has 2 N–H and O–H groups in total. The number of nitrogens with two attached hydrogens (primary N) is 1. The number of benzene rings is 3. The molecule has 3 aromatic rings. The molecule has 0 fully saturated rings. The zero-order valence-corrected chi connectivity index (χ0v) is 12.5. The van der Waals surface area contributed by atoms with E-state index in [1.807, 2.05) is 31.2 Å². The van der Waals surface area contributed by atoms with Crippen molar-refractivity contribution in [3.8, 4) is 22.6 Å². The van der Waals surface area contributed by atoms with Gasteiger partial charge in [-0.15, -0.1) is 0 Å². The SMILES string of the molecule is Cc1ccc(-c2cc(N)ccc2Oc2ccc(F)cc2F)cc1. The lowest BCUT2D eigenvalue weighted by Gasteiger charge is -2.13. The van der Waals surface area contributed by atoms with E-state index in [9.17, 15) is 8.78 Å². The van der Waals surface area contributed by atoms with Crippen LogP contribution in [0.1, 0.15) is 5.56 Å². The van der Waals surface area contributed by atoms with E-state index >= 15 is 0 Å². The fourth-order valence-electron chi connectivity index (χ4n) is 2.27. The van der Waals surface area contributed by atoms with Crippen molar-refractivity contribution in [1.29, 1.82) is 0 Å². The van der Waals surface area contributed by atoms with Gasteiger partial charge >= 0.3 is 0 Å². The number of rotatable bonds is 3. The fourth-order valence-corrected chi connectivity index (χ4v) is 2.27. The summed E-state index contributed by atoms with van der Waals surface area (Å²) >= 11 is 0. The molecule has 116 valence electrons. The maximum Gasteiger partial charge on any atom is 0.168 e. The molecule has 0 saturated carbocycles. The van der Waals surface area contributed by atoms with E-state index in [-0.39, 0.29) is 5.75 Å². The summed E-state index contributed by atoms with van der Waals surface area (Å²) in [5, 5.41) is 0. The van der Waals surface area contributed by atoms with Gasteiger partial charge in [0.2, 0.25) is 0 Å². The lowest BCUT2D eigenvalue weighted by molar-refractivity contribution is 0.439. The Morgan fingerprint density at radius 2 is 1.52 bits per heavy atom. The minimum atomic E-state index is -0.753. The molecule has 2 nitrogen and oxygen atoms in total. The maximum absolute atomic E-state index is 13.8. The van der Waals surface area contributed by atoms with Gasteiger partial charge in [-0.2, -0.15) is 0 Å². The van der Waals surface area contributed by atoms with Gasteiger partial charge in [0.05, 0.1) is 0 Å². The molecule has 0 saturated heterocycles. The Bertz CT molecular complexity index is 844. The van der Waals surface area contributed by atoms with Crippen LogP contribution >= 0.6 is 0 Å². The molecule has 4 heteroatoms. The van der Waals surface area contributed by atoms with Gasteiger partial charge in [-0.25, -0.2) is 8.78 Å². The summed E-state index contributed by atoms with van der Waals surface area (Å²) in [5.74, 6) is -0.985. The predicted molar refractivity (Wildman–Crippen MR) is 87.5 cm³/mol. The Balaban J connectivity index is 2.04. The van der Waals surface area contributed by atoms with E-state index in [0.29, 0.717) is 11.4 Å². The van der Waals surface area contributed by atoms with Crippen LogP contribution in [0, 0.1) is 18.6 Å². The summed E-state index contributed by atoms with van der Waals surface area (Å²) < 4.78 is 32.5. The van der Waals surface area contributed by atoms with Gasteiger partial charge in [0.15, 0.2) is 11.6 Å². The second-order valence-corrected chi connectivity index (χ2v) is 5.30. The molecule has 0 aromatic heterocycles. The van der Waals surface area contributed by atoms with Crippen LogP contribution in [0.25, 0.3) is 11.1 Å². The number of hydrogen-bond acceptors (Lipinski definition) is 2. The van der Waals surface area contributed by atoms with Gasteiger partial charge in [0, 0.05) is 17.3 Å². The van der Waals surface area contributed by atoms with Gasteiger partial charge in [-0.05, 0) is 42.8 Å². The molecule has 3 rings (SSSR count). The van der Waals surface area contributed by atoms with Gasteiger partial charge < -0.3 is 10.5 Å². The summed E-state index contributed by atoms with van der Waals surface area (Å²) in [6.07, 6.45) is 0. The first-order chi connectivity index (χ1) is 11.0. The van der Waals surface area contributed by atoms with Crippen LogP contribution < -0.4 is 10.5 Å². The van der Waals surface area contributed by atoms with E-state index < -0.39 is 11.6 Å². The summed E-state index contributed by atoms with van der Waals surface area (Å²) in [4.78, 5) is 0. The highest BCUT2D eigenvalue weighted by atomic mass is 19.1. The Labute approximate surface area is 133 Å². The highest BCUT2D eigenvalue weighted by molar-refractivity contribution is 5.74. The van der Waals surface area contributed by atoms with E-state index in [1.54, 1.807) is 18.2 Å². The zero-order valence-electron chi connectivity index (χ0n) is 12.5. The van der Waals surface area contributed by atoms with Crippen molar-refractivity contribution < 1.29 is 13.5 Å². The summed E-state index contributed by atoms with van der Waals surface area (Å²) in [6.45, 7) is 1.99. The van der Waals surface area contributed by atoms with Crippen LogP contribution in [-0.4, -0.2) is 0 Å². The smallest absolute Gasteiger partial charge is 0.168 e. The molecule has 0 spiro atoms. The summed E-state index contributed by atoms with van der Waals surface area (Å²) in [5.41, 5.74) is 9.21. The van der Waals surface area contributed by atoms with Crippen molar-refractivity contribution in [3.63, 3.8) is 0 Å². The third-order valence-corrected chi connectivity index (χ3v) is 3.48. The number of ether oxygens (including phenoxy) is 1. The van der Waals surface area contributed by atoms with E-state index in [0.717, 1.165) is 28.8 Å². The molecule has 0 unspecified atom stereocenters. The van der Waals surface area contributed by atoms with Crippen LogP contribution in [0.15, 0.2) is 60.7 Å². The number of halogens is 2. The maximum atomic E-state index is 13.8. The first-order valence-electron chi connectivity index (χ1n) is 7.12. The van der Waals surface area contributed by atoms with Crippen molar-refractivity contribution in [2.75, 3.05) is 5.73 Å². The van der Waals surface area contributed by atoms with Gasteiger partial charge in [-0.1, -0.05) is 29.8 Å². The molecule has 0 aliphatic rings. The lowest BCUT2D eigenvalue weighted by Crippen LogP contribution is -1.94. The van der Waals surface area contributed by atoms with Crippen molar-refractivity contribution in [1.82, 2.24) is 0 Å². The number of nitrogen functional groups attached to an aromatic ring is 1. The molecule has 3 aromatic carbocycles. The monoisotopic (exact) mass is 311 g/mol. The minimum Gasteiger partial charge on any atom is -0.454 e. The average Bonchev–Trinajstić information content (AvgIpc) is 2.52. The first-order valence-corrected chi connectivity index (χ1v) is 7.12. The highest BCUT2D eigenvalue weighted by Crippen LogP contribution is 2.36. The van der Waals surface area contributed by atoms with Crippen LogP contribution in [0.3, 0.4) is 0 Å². The zero-order chi connectivity index (χ0) is 16.4. The summed E-state index contributed by atoms with van der Waals surface area (Å²) in [7, 11) is 0. The van der Waals surface area contributed by atoms with Crippen molar-refractivity contribution in [2.45, 2.75) is 6.92 Å². The van der Waals surface area contributed by atoms with E-state index in [2.05, 4.69) is 0 Å². The Kier molecular flexibility index (Phi) is 3.98. The molecule has 0 aliphatic heterocycles. The van der Waals surface area contributed by atoms with Gasteiger partial charge in [0.25, 0.3) is 0 Å². The van der Waals surface area contributed by atoms with E-state index in [1.165, 1.54) is 6.07 Å². The molecule has 0 aliphatic carbocycles. The highest BCUT2D eigenvalue weighted by Gasteiger charge is 2.11. The third-order valence-electron chi connectivity index (χ3n) is 3.48. The standard InChI is InChI=1S/C19H15F2NO/c1-12-2-4-13(5-3-12)16-11-15(22)7-9-18(16)23-19-8-6-14(20)10-17(19)21/h2-11H,22H2,1H3. The molecular formula is C19H15F2NO. The average molecular weight is 311 g/mol. The molecule has 0 heterocycles. The molecule has 0 atom stereocenters. The predicted octanol–water partition coefficient (Wildman–Crippen LogP) is 5.31. The van der Waals surface area contributed by atoms with Gasteiger partial charge in [-0.3, -0.25) is 0 Å². The van der Waals surface area contributed by atoms with Crippen LogP contribution in [-0.2, 0) is 0 Å². The molecule has 23 heavy (non-hydrogen) atoms. The van der Waals surface area contributed by atoms with Crippen molar-refractivity contribution >= 4 is 5.69 Å². The van der Waals surface area contributed by atoms with Crippen molar-refractivity contribution in [3.05, 3.63) is 77.9 Å². The number of hydrogen-bond donors (Lipinski definition) is 1. The van der Waals surface area contributed by atoms with Crippen LogP contribution in [0.2, 0.25) is 0 Å². The number of aryl methyl sites for hydroxylation is 1. The quantitative estimate of drug-likeness (QED) is 0.665. The largest absolute Gasteiger partial charge is 0.454 e. The fraction of sp³-hybridized carbons (Fsp3) is 0.0526. The minimum absolute atomic E-state index is 0.0375. The van der Waals surface area contributed by atoms with Crippen LogP contribution in [0.4, 0.5) is 14.5 Å². The Morgan fingerprint density at radius 3 is 2.22 bits per heavy atom. The molecule has 0 bridgehead atoms. The topological polar surface area (TPSA) is 35.2 Å². The third kappa shape index (κ3) is 3.31.